The number of benzene rings is 2. The number of carbonyl (C=O) groups excluding carboxylic acids is 1. The van der Waals surface area contributed by atoms with Crippen molar-refractivity contribution in [2.24, 2.45) is 5.73 Å². The van der Waals surface area contributed by atoms with Crippen molar-refractivity contribution in [3.63, 3.8) is 0 Å². The molecule has 144 valence electrons. The lowest BCUT2D eigenvalue weighted by Gasteiger charge is -2.35. The van der Waals surface area contributed by atoms with Crippen molar-refractivity contribution in [3.8, 4) is 5.75 Å². The second-order valence-electron chi connectivity index (χ2n) is 7.00. The van der Waals surface area contributed by atoms with Crippen LogP contribution in [0.4, 0.5) is 0 Å². The summed E-state index contributed by atoms with van der Waals surface area (Å²) in [6.45, 7) is 3.20. The van der Waals surface area contributed by atoms with E-state index in [2.05, 4.69) is 22.3 Å². The number of piperidine rings is 1. The Morgan fingerprint density at radius 2 is 1.74 bits per heavy atom. The molecule has 1 heterocycles. The molecular weight excluding hydrogens is 338 g/mol. The van der Waals surface area contributed by atoms with Gasteiger partial charge in [-0.15, -0.1) is 0 Å². The van der Waals surface area contributed by atoms with Crippen LogP contribution in [0.1, 0.15) is 46.8 Å². The summed E-state index contributed by atoms with van der Waals surface area (Å²) in [7, 11) is 1.67. The van der Waals surface area contributed by atoms with Crippen LogP contribution in [0.3, 0.4) is 0 Å². The zero-order valence-electron chi connectivity index (χ0n) is 16.0. The van der Waals surface area contributed by atoms with Gasteiger partial charge in [-0.3, -0.25) is 9.69 Å². The molecular formula is C22H29N3O2. The van der Waals surface area contributed by atoms with Crippen LogP contribution in [0.15, 0.2) is 48.5 Å². The summed E-state index contributed by atoms with van der Waals surface area (Å²) in [5.41, 5.74) is 8.52. The molecule has 1 unspecified atom stereocenters. The third-order valence-electron chi connectivity index (χ3n) is 5.24. The van der Waals surface area contributed by atoms with E-state index in [1.807, 2.05) is 36.4 Å². The Morgan fingerprint density at radius 3 is 2.33 bits per heavy atom. The summed E-state index contributed by atoms with van der Waals surface area (Å²) in [5, 5.41) is 3.12. The number of methoxy groups -OCH3 is 1. The van der Waals surface area contributed by atoms with Gasteiger partial charge >= 0.3 is 0 Å². The monoisotopic (exact) mass is 367 g/mol. The topological polar surface area (TPSA) is 67.6 Å². The fraction of sp³-hybridized carbons (Fsp3) is 0.409. The molecule has 3 rings (SSSR count). The Labute approximate surface area is 161 Å². The van der Waals surface area contributed by atoms with Crippen molar-refractivity contribution < 1.29 is 9.53 Å². The van der Waals surface area contributed by atoms with Crippen LogP contribution in [0.25, 0.3) is 0 Å². The normalized spacial score (nSPS) is 15.9. The first-order valence-electron chi connectivity index (χ1n) is 9.66. The van der Waals surface area contributed by atoms with Gasteiger partial charge in [0.15, 0.2) is 0 Å². The molecule has 0 bridgehead atoms. The molecule has 1 amide bonds. The van der Waals surface area contributed by atoms with Crippen LogP contribution < -0.4 is 15.8 Å². The molecule has 5 heteroatoms. The maximum Gasteiger partial charge on any atom is 0.251 e. The number of likely N-dealkylation sites (tertiary alicyclic amines) is 1. The number of hydrogen-bond acceptors (Lipinski definition) is 4. The Bertz CT molecular complexity index is 722. The second-order valence-corrected chi connectivity index (χ2v) is 7.00. The van der Waals surface area contributed by atoms with Gasteiger partial charge in [0.25, 0.3) is 5.91 Å². The third-order valence-corrected chi connectivity index (χ3v) is 5.24. The van der Waals surface area contributed by atoms with Crippen LogP contribution in [0, 0.1) is 0 Å². The average Bonchev–Trinajstić information content (AvgIpc) is 2.75. The van der Waals surface area contributed by atoms with Gasteiger partial charge in [0.05, 0.1) is 13.2 Å². The molecule has 0 saturated carbocycles. The van der Waals surface area contributed by atoms with E-state index >= 15 is 0 Å². The molecule has 3 N–H and O–H groups in total. The highest BCUT2D eigenvalue weighted by Crippen LogP contribution is 2.26. The van der Waals surface area contributed by atoms with Gasteiger partial charge in [-0.1, -0.05) is 30.7 Å². The van der Waals surface area contributed by atoms with Crippen LogP contribution in [-0.2, 0) is 6.54 Å². The van der Waals surface area contributed by atoms with Gasteiger partial charge in [0.2, 0.25) is 0 Å². The molecule has 0 spiro atoms. The van der Waals surface area contributed by atoms with Crippen molar-refractivity contribution in [1.82, 2.24) is 10.2 Å². The van der Waals surface area contributed by atoms with E-state index in [4.69, 9.17) is 10.5 Å². The summed E-state index contributed by atoms with van der Waals surface area (Å²) in [4.78, 5) is 15.1. The minimum Gasteiger partial charge on any atom is -0.497 e. The number of amides is 1. The molecule has 5 nitrogen and oxygen atoms in total. The Hall–Kier alpha value is -2.37. The Kier molecular flexibility index (Phi) is 6.85. The van der Waals surface area contributed by atoms with Gasteiger partial charge < -0.3 is 15.8 Å². The molecule has 1 saturated heterocycles. The number of nitrogens with two attached hydrogens (primary N) is 1. The van der Waals surface area contributed by atoms with Crippen molar-refractivity contribution in [1.29, 1.82) is 0 Å². The molecule has 1 aliphatic heterocycles. The fourth-order valence-electron chi connectivity index (χ4n) is 3.60. The number of carbonyl (C=O) groups is 1. The van der Waals surface area contributed by atoms with E-state index in [1.54, 1.807) is 7.11 Å². The minimum absolute atomic E-state index is 0.0471. The van der Waals surface area contributed by atoms with Gasteiger partial charge in [0.1, 0.15) is 5.75 Å². The lowest BCUT2D eigenvalue weighted by molar-refractivity contribution is 0.0924. The number of ether oxygens (including phenoxy) is 1. The minimum atomic E-state index is -0.0471. The van der Waals surface area contributed by atoms with E-state index in [0.717, 1.165) is 24.4 Å². The average molecular weight is 367 g/mol. The predicted molar refractivity (Wildman–Crippen MR) is 108 cm³/mol. The van der Waals surface area contributed by atoms with Crippen molar-refractivity contribution in [2.45, 2.75) is 31.8 Å². The first-order valence-corrected chi connectivity index (χ1v) is 9.66. The van der Waals surface area contributed by atoms with E-state index in [1.165, 1.54) is 24.8 Å². The number of nitrogens with one attached hydrogen (secondary N) is 1. The van der Waals surface area contributed by atoms with Crippen LogP contribution >= 0.6 is 0 Å². The van der Waals surface area contributed by atoms with Crippen LogP contribution in [0.2, 0.25) is 0 Å². The van der Waals surface area contributed by atoms with Gasteiger partial charge in [-0.05, 0) is 61.3 Å². The smallest absolute Gasteiger partial charge is 0.251 e. The van der Waals surface area contributed by atoms with E-state index < -0.39 is 0 Å². The molecule has 0 radical (unpaired) electrons. The highest BCUT2D eigenvalue weighted by molar-refractivity contribution is 5.94. The Morgan fingerprint density at radius 1 is 1.07 bits per heavy atom. The lowest BCUT2D eigenvalue weighted by Crippen LogP contribution is -2.40. The second kappa shape index (κ2) is 9.53. The van der Waals surface area contributed by atoms with Gasteiger partial charge in [-0.25, -0.2) is 0 Å². The zero-order chi connectivity index (χ0) is 19.1. The van der Waals surface area contributed by atoms with E-state index in [9.17, 15) is 4.79 Å². The first-order chi connectivity index (χ1) is 13.2. The van der Waals surface area contributed by atoms with Crippen molar-refractivity contribution in [3.05, 3.63) is 65.2 Å². The standard InChI is InChI=1S/C22H29N3O2/c1-27-20-11-9-18(10-12-20)21(25-13-3-2-4-14-25)16-24-22(26)19-7-5-17(15-23)6-8-19/h5-12,21H,2-4,13-16,23H2,1H3,(H,24,26). The number of nitrogens with zero attached hydrogens (tertiary/aromatic N) is 1. The molecule has 2 aromatic rings. The third kappa shape index (κ3) is 5.08. The zero-order valence-corrected chi connectivity index (χ0v) is 16.0. The molecule has 1 atom stereocenters. The SMILES string of the molecule is COc1ccc(C(CNC(=O)c2ccc(CN)cc2)N2CCCCC2)cc1. The quantitative estimate of drug-likeness (QED) is 0.789. The molecule has 1 fully saturated rings. The van der Waals surface area contributed by atoms with E-state index in [0.29, 0.717) is 18.7 Å². The molecule has 1 aliphatic rings. The van der Waals surface area contributed by atoms with Crippen LogP contribution in [0.5, 0.6) is 5.75 Å². The first kappa shape index (κ1) is 19.4. The summed E-state index contributed by atoms with van der Waals surface area (Å²) in [5.74, 6) is 0.800. The molecule has 2 aromatic carbocycles. The van der Waals surface area contributed by atoms with Crippen molar-refractivity contribution >= 4 is 5.91 Å². The highest BCUT2D eigenvalue weighted by Gasteiger charge is 2.23. The molecule has 0 aliphatic carbocycles. The summed E-state index contributed by atoms with van der Waals surface area (Å²) >= 11 is 0. The Balaban J connectivity index is 1.70. The summed E-state index contributed by atoms with van der Waals surface area (Å²) in [6.07, 6.45) is 3.70. The van der Waals surface area contributed by atoms with Gasteiger partial charge in [-0.2, -0.15) is 0 Å². The predicted octanol–water partition coefficient (Wildman–Crippen LogP) is 3.11. The molecule has 0 aromatic heterocycles. The largest absolute Gasteiger partial charge is 0.497 e. The summed E-state index contributed by atoms with van der Waals surface area (Å²) < 4.78 is 5.28. The number of hydrogen-bond donors (Lipinski definition) is 2. The van der Waals surface area contributed by atoms with E-state index in [-0.39, 0.29) is 11.9 Å². The van der Waals surface area contributed by atoms with Crippen molar-refractivity contribution in [2.75, 3.05) is 26.7 Å². The maximum absolute atomic E-state index is 12.6. The highest BCUT2D eigenvalue weighted by atomic mass is 16.5. The fourth-order valence-corrected chi connectivity index (χ4v) is 3.60. The maximum atomic E-state index is 12.6. The number of rotatable bonds is 7. The summed E-state index contributed by atoms with van der Waals surface area (Å²) in [6, 6.07) is 15.8. The van der Waals surface area contributed by atoms with Gasteiger partial charge in [0, 0.05) is 18.7 Å². The molecule has 27 heavy (non-hydrogen) atoms. The van der Waals surface area contributed by atoms with Crippen LogP contribution in [-0.4, -0.2) is 37.6 Å². The lowest BCUT2D eigenvalue weighted by atomic mass is 10.0.